The average molecular weight is 447 g/mol. The summed E-state index contributed by atoms with van der Waals surface area (Å²) in [7, 11) is -2.26. The molecule has 1 aliphatic heterocycles. The highest BCUT2D eigenvalue weighted by Crippen LogP contribution is 2.33. The Labute approximate surface area is 178 Å². The molecule has 1 aromatic rings. The predicted octanol–water partition coefficient (Wildman–Crippen LogP) is 5.01. The first-order chi connectivity index (χ1) is 14.2. The maximum Gasteiger partial charge on any atom is 0.416 e. The number of piperidine rings is 1. The van der Waals surface area contributed by atoms with Gasteiger partial charge in [-0.05, 0) is 81.3 Å². The highest BCUT2D eigenvalue weighted by atomic mass is 32.2. The Balaban J connectivity index is 1.45. The molecular weight excluding hydrogens is 413 g/mol. The van der Waals surface area contributed by atoms with Crippen molar-refractivity contribution in [1.29, 1.82) is 0 Å². The summed E-state index contributed by atoms with van der Waals surface area (Å²) in [5, 5.41) is 0. The molecule has 0 aromatic heterocycles. The van der Waals surface area contributed by atoms with Crippen LogP contribution in [-0.2, 0) is 16.2 Å². The second-order valence-corrected chi connectivity index (χ2v) is 10.9. The zero-order valence-corrected chi connectivity index (χ0v) is 18.5. The molecule has 1 saturated carbocycles. The zero-order chi connectivity index (χ0) is 21.8. The van der Waals surface area contributed by atoms with Crippen LogP contribution < -0.4 is 0 Å². The topological polar surface area (TPSA) is 40.6 Å². The van der Waals surface area contributed by atoms with E-state index in [2.05, 4.69) is 4.90 Å². The lowest BCUT2D eigenvalue weighted by molar-refractivity contribution is -0.137. The maximum atomic E-state index is 12.7. The summed E-state index contributed by atoms with van der Waals surface area (Å²) in [6, 6.07) is 3.73. The van der Waals surface area contributed by atoms with E-state index in [0.29, 0.717) is 12.5 Å². The van der Waals surface area contributed by atoms with Gasteiger partial charge in [-0.2, -0.15) is 13.2 Å². The highest BCUT2D eigenvalue weighted by molar-refractivity contribution is 7.89. The van der Waals surface area contributed by atoms with Crippen molar-refractivity contribution in [3.8, 4) is 0 Å². The minimum Gasteiger partial charge on any atom is -0.303 e. The fourth-order valence-electron chi connectivity index (χ4n) is 4.69. The van der Waals surface area contributed by atoms with E-state index in [0.717, 1.165) is 49.4 Å². The summed E-state index contributed by atoms with van der Waals surface area (Å²) >= 11 is 0. The van der Waals surface area contributed by atoms with E-state index in [-0.39, 0.29) is 4.90 Å². The average Bonchev–Trinajstić information content (AvgIpc) is 2.73. The third-order valence-corrected chi connectivity index (χ3v) is 8.54. The molecule has 2 aliphatic rings. The lowest BCUT2D eigenvalue weighted by atomic mass is 9.80. The van der Waals surface area contributed by atoms with Gasteiger partial charge in [0, 0.05) is 20.1 Å². The molecule has 1 aliphatic carbocycles. The van der Waals surface area contributed by atoms with E-state index in [1.807, 2.05) is 0 Å². The van der Waals surface area contributed by atoms with Crippen molar-refractivity contribution in [1.82, 2.24) is 9.21 Å². The van der Waals surface area contributed by atoms with E-state index in [4.69, 9.17) is 0 Å². The van der Waals surface area contributed by atoms with Gasteiger partial charge in [0.1, 0.15) is 0 Å². The van der Waals surface area contributed by atoms with E-state index >= 15 is 0 Å². The van der Waals surface area contributed by atoms with Crippen LogP contribution in [0.3, 0.4) is 0 Å². The first kappa shape index (κ1) is 23.5. The molecule has 3 rings (SSSR count). The number of rotatable bonds is 7. The van der Waals surface area contributed by atoms with Crippen LogP contribution >= 0.6 is 0 Å². The third kappa shape index (κ3) is 6.20. The SMILES string of the molecule is CN(CC[C@H]1CC[C@H](CN2CCCCC2)CC1)S(=O)(=O)c1ccc(C(F)(F)F)cc1. The van der Waals surface area contributed by atoms with E-state index < -0.39 is 21.8 Å². The number of hydrogen-bond donors (Lipinski definition) is 0. The van der Waals surface area contributed by atoms with Crippen molar-refractivity contribution < 1.29 is 21.6 Å². The Morgan fingerprint density at radius 1 is 0.967 bits per heavy atom. The normalized spacial score (nSPS) is 24.3. The summed E-state index contributed by atoms with van der Waals surface area (Å²) in [5.41, 5.74) is -0.842. The largest absolute Gasteiger partial charge is 0.416 e. The van der Waals surface area contributed by atoms with Crippen LogP contribution in [0.5, 0.6) is 0 Å². The summed E-state index contributed by atoms with van der Waals surface area (Å²) in [5.74, 6) is 1.28. The van der Waals surface area contributed by atoms with Crippen molar-refractivity contribution in [2.45, 2.75) is 62.4 Å². The van der Waals surface area contributed by atoms with Gasteiger partial charge < -0.3 is 4.90 Å². The first-order valence-electron chi connectivity index (χ1n) is 11.0. The van der Waals surface area contributed by atoms with Gasteiger partial charge in [0.05, 0.1) is 10.5 Å². The Morgan fingerprint density at radius 3 is 2.10 bits per heavy atom. The van der Waals surface area contributed by atoms with Gasteiger partial charge in [0.25, 0.3) is 0 Å². The summed E-state index contributed by atoms with van der Waals surface area (Å²) in [6.45, 7) is 4.05. The minimum absolute atomic E-state index is 0.0942. The second-order valence-electron chi connectivity index (χ2n) is 8.89. The molecule has 1 saturated heterocycles. The van der Waals surface area contributed by atoms with Gasteiger partial charge >= 0.3 is 6.18 Å². The van der Waals surface area contributed by atoms with Crippen molar-refractivity contribution >= 4 is 10.0 Å². The van der Waals surface area contributed by atoms with Gasteiger partial charge in [-0.1, -0.05) is 19.3 Å². The first-order valence-corrected chi connectivity index (χ1v) is 12.5. The zero-order valence-electron chi connectivity index (χ0n) is 17.7. The van der Waals surface area contributed by atoms with E-state index in [1.165, 1.54) is 63.1 Å². The van der Waals surface area contributed by atoms with Crippen LogP contribution in [0.1, 0.15) is 56.9 Å². The fourth-order valence-corrected chi connectivity index (χ4v) is 5.88. The van der Waals surface area contributed by atoms with Gasteiger partial charge in [-0.15, -0.1) is 0 Å². The van der Waals surface area contributed by atoms with Crippen LogP contribution in [0.25, 0.3) is 0 Å². The number of likely N-dealkylation sites (tertiary alicyclic amines) is 1. The number of halogens is 3. The lowest BCUT2D eigenvalue weighted by Crippen LogP contribution is -2.35. The summed E-state index contributed by atoms with van der Waals surface area (Å²) in [6.07, 6.45) is 4.98. The molecule has 2 fully saturated rings. The Kier molecular flexibility index (Phi) is 7.85. The van der Waals surface area contributed by atoms with Crippen molar-refractivity contribution in [3.63, 3.8) is 0 Å². The van der Waals surface area contributed by atoms with Crippen LogP contribution in [-0.4, -0.2) is 50.8 Å². The van der Waals surface area contributed by atoms with Crippen molar-refractivity contribution in [2.75, 3.05) is 33.2 Å². The molecule has 170 valence electrons. The number of sulfonamides is 1. The molecule has 8 heteroatoms. The fraction of sp³-hybridized carbons (Fsp3) is 0.727. The van der Waals surface area contributed by atoms with Crippen LogP contribution in [0.4, 0.5) is 13.2 Å². The molecular formula is C22H33F3N2O2S. The lowest BCUT2D eigenvalue weighted by Gasteiger charge is -2.34. The van der Waals surface area contributed by atoms with Gasteiger partial charge in [-0.3, -0.25) is 0 Å². The predicted molar refractivity (Wildman–Crippen MR) is 112 cm³/mol. The minimum atomic E-state index is -4.47. The molecule has 1 aromatic carbocycles. The molecule has 0 N–H and O–H groups in total. The molecule has 0 amide bonds. The number of hydrogen-bond acceptors (Lipinski definition) is 3. The van der Waals surface area contributed by atoms with Gasteiger partial charge in [-0.25, -0.2) is 12.7 Å². The number of alkyl halides is 3. The Morgan fingerprint density at radius 2 is 1.53 bits per heavy atom. The molecule has 0 spiro atoms. The highest BCUT2D eigenvalue weighted by Gasteiger charge is 2.31. The van der Waals surface area contributed by atoms with Crippen LogP contribution in [0, 0.1) is 11.8 Å². The quantitative estimate of drug-likeness (QED) is 0.591. The molecule has 0 unspecified atom stereocenters. The van der Waals surface area contributed by atoms with Crippen molar-refractivity contribution in [3.05, 3.63) is 29.8 Å². The van der Waals surface area contributed by atoms with Gasteiger partial charge in [0.15, 0.2) is 0 Å². The third-order valence-electron chi connectivity index (χ3n) is 6.67. The summed E-state index contributed by atoms with van der Waals surface area (Å²) in [4.78, 5) is 2.50. The number of nitrogens with zero attached hydrogens (tertiary/aromatic N) is 2. The molecule has 30 heavy (non-hydrogen) atoms. The maximum absolute atomic E-state index is 12.7. The Hall–Kier alpha value is -1.12. The van der Waals surface area contributed by atoms with E-state index in [1.54, 1.807) is 0 Å². The standard InChI is InChI=1S/C22H33F3N2O2S/c1-26(30(28,29)21-11-9-20(10-12-21)22(23,24)25)16-13-18-5-7-19(8-6-18)17-27-14-3-2-4-15-27/h9-12,18-19H,2-8,13-17H2,1H3/t18-,19-. The van der Waals surface area contributed by atoms with Gasteiger partial charge in [0.2, 0.25) is 10.0 Å². The monoisotopic (exact) mass is 446 g/mol. The van der Waals surface area contributed by atoms with Crippen LogP contribution in [0.15, 0.2) is 29.2 Å². The molecule has 1 heterocycles. The molecule has 4 nitrogen and oxygen atoms in total. The molecule has 0 radical (unpaired) electrons. The summed E-state index contributed by atoms with van der Waals surface area (Å²) < 4.78 is 64.7. The number of benzene rings is 1. The smallest absolute Gasteiger partial charge is 0.303 e. The van der Waals surface area contributed by atoms with E-state index in [9.17, 15) is 21.6 Å². The van der Waals surface area contributed by atoms with Crippen molar-refractivity contribution in [2.24, 2.45) is 11.8 Å². The molecule has 0 atom stereocenters. The molecule has 0 bridgehead atoms. The van der Waals surface area contributed by atoms with Crippen LogP contribution in [0.2, 0.25) is 0 Å². The second kappa shape index (κ2) is 10.0. The Bertz CT molecular complexity index is 767.